The van der Waals surface area contributed by atoms with Crippen molar-refractivity contribution in [2.45, 2.75) is 6.42 Å². The van der Waals surface area contributed by atoms with Crippen LogP contribution >= 0.6 is 0 Å². The zero-order chi connectivity index (χ0) is 11.4. The fraction of sp³-hybridized carbons (Fsp3) is 0.600. The normalized spacial score (nSPS) is 13.5. The van der Waals surface area contributed by atoms with E-state index in [0.29, 0.717) is 0 Å². The van der Waals surface area contributed by atoms with E-state index in [4.69, 9.17) is 10.2 Å². The number of rotatable bonds is 6. The minimum atomic E-state index is -4.18. The van der Waals surface area contributed by atoms with Crippen LogP contribution in [0.3, 0.4) is 0 Å². The summed E-state index contributed by atoms with van der Waals surface area (Å²) in [5, 5.41) is 16.7. The number of nitrogens with two attached hydrogens (primary N) is 1. The van der Waals surface area contributed by atoms with E-state index in [1.165, 1.54) is 0 Å². The van der Waals surface area contributed by atoms with Gasteiger partial charge in [-0.1, -0.05) is 0 Å². The molecule has 0 heterocycles. The molecular formula is C5H9NO7S. The van der Waals surface area contributed by atoms with Crippen LogP contribution in [0, 0.1) is 5.92 Å². The Morgan fingerprint density at radius 2 is 1.86 bits per heavy atom. The average Bonchev–Trinajstić information content (AvgIpc) is 2.02. The molecule has 0 spiro atoms. The molecule has 0 rings (SSSR count). The Kier molecular flexibility index (Phi) is 4.47. The van der Waals surface area contributed by atoms with Gasteiger partial charge < -0.3 is 10.2 Å². The highest BCUT2D eigenvalue weighted by Crippen LogP contribution is 2.08. The lowest BCUT2D eigenvalue weighted by atomic mass is 10.1. The molecule has 0 aliphatic rings. The Labute approximate surface area is 79.4 Å². The molecule has 8 nitrogen and oxygen atoms in total. The first-order valence-corrected chi connectivity index (χ1v) is 4.92. The standard InChI is InChI=1S/C5H9NO7S/c6-13-14(11,12)2-3(5(9)10)1-4(7)8/h3H,1-2,6H2,(H,7,8)(H,9,10). The van der Waals surface area contributed by atoms with Crippen LogP contribution in [0.15, 0.2) is 0 Å². The predicted octanol–water partition coefficient (Wildman–Crippen LogP) is -1.62. The summed E-state index contributed by atoms with van der Waals surface area (Å²) in [4.78, 5) is 20.6. The molecule has 0 aliphatic carbocycles. The lowest BCUT2D eigenvalue weighted by Gasteiger charge is -2.07. The van der Waals surface area contributed by atoms with E-state index in [1.54, 1.807) is 0 Å². The zero-order valence-electron chi connectivity index (χ0n) is 6.91. The van der Waals surface area contributed by atoms with Crippen LogP contribution in [0.4, 0.5) is 0 Å². The summed E-state index contributed by atoms with van der Waals surface area (Å²) in [6.07, 6.45) is -0.808. The third-order valence-corrected chi connectivity index (χ3v) is 2.43. The number of carboxylic acid groups (broad SMARTS) is 2. The SMILES string of the molecule is NOS(=O)(=O)CC(CC(=O)O)C(=O)O. The quantitative estimate of drug-likeness (QED) is 0.459. The maximum absolute atomic E-state index is 10.7. The highest BCUT2D eigenvalue weighted by molar-refractivity contribution is 7.86. The van der Waals surface area contributed by atoms with E-state index in [1.807, 2.05) is 0 Å². The van der Waals surface area contributed by atoms with Gasteiger partial charge in [-0.25, -0.2) is 0 Å². The van der Waals surface area contributed by atoms with Crippen molar-refractivity contribution in [2.75, 3.05) is 5.75 Å². The van der Waals surface area contributed by atoms with Crippen LogP contribution in [-0.4, -0.2) is 36.3 Å². The van der Waals surface area contributed by atoms with Crippen molar-refractivity contribution in [1.29, 1.82) is 0 Å². The van der Waals surface area contributed by atoms with E-state index in [-0.39, 0.29) is 0 Å². The van der Waals surface area contributed by atoms with Crippen molar-refractivity contribution in [3.8, 4) is 0 Å². The molecule has 0 aromatic heterocycles. The highest BCUT2D eigenvalue weighted by Gasteiger charge is 2.27. The van der Waals surface area contributed by atoms with E-state index in [9.17, 15) is 18.0 Å². The second kappa shape index (κ2) is 4.88. The lowest BCUT2D eigenvalue weighted by molar-refractivity contribution is -0.147. The van der Waals surface area contributed by atoms with E-state index in [2.05, 4.69) is 10.2 Å². The van der Waals surface area contributed by atoms with Crippen LogP contribution in [-0.2, 0) is 24.0 Å². The summed E-state index contributed by atoms with van der Waals surface area (Å²) in [5.41, 5.74) is 0. The molecule has 0 aliphatic heterocycles. The topological polar surface area (TPSA) is 144 Å². The third-order valence-electron chi connectivity index (χ3n) is 1.32. The van der Waals surface area contributed by atoms with Crippen LogP contribution in [0.5, 0.6) is 0 Å². The Morgan fingerprint density at radius 1 is 1.36 bits per heavy atom. The van der Waals surface area contributed by atoms with Crippen molar-refractivity contribution >= 4 is 22.1 Å². The Morgan fingerprint density at radius 3 is 2.14 bits per heavy atom. The maximum atomic E-state index is 10.7. The minimum absolute atomic E-state index is 0.808. The summed E-state index contributed by atoms with van der Waals surface area (Å²) < 4.78 is 24.9. The van der Waals surface area contributed by atoms with Crippen LogP contribution in [0.25, 0.3) is 0 Å². The number of hydrogen-bond donors (Lipinski definition) is 3. The van der Waals surface area contributed by atoms with Crippen LogP contribution in [0.2, 0.25) is 0 Å². The molecule has 0 saturated carbocycles. The van der Waals surface area contributed by atoms with Gasteiger partial charge in [-0.3, -0.25) is 9.59 Å². The van der Waals surface area contributed by atoms with Gasteiger partial charge in [-0.05, 0) is 0 Å². The second-order valence-electron chi connectivity index (χ2n) is 2.45. The number of carbonyl (C=O) groups is 2. The molecule has 9 heteroatoms. The molecule has 1 atom stereocenters. The van der Waals surface area contributed by atoms with Crippen molar-refractivity contribution in [1.82, 2.24) is 0 Å². The van der Waals surface area contributed by atoms with Crippen molar-refractivity contribution < 1.29 is 32.5 Å². The van der Waals surface area contributed by atoms with Gasteiger partial charge in [-0.2, -0.15) is 18.6 Å². The van der Waals surface area contributed by atoms with E-state index >= 15 is 0 Å². The first kappa shape index (κ1) is 12.8. The molecule has 0 aromatic rings. The zero-order valence-corrected chi connectivity index (χ0v) is 7.73. The maximum Gasteiger partial charge on any atom is 0.308 e. The molecule has 82 valence electrons. The molecule has 0 amide bonds. The minimum Gasteiger partial charge on any atom is -0.481 e. The van der Waals surface area contributed by atoms with Gasteiger partial charge in [0.05, 0.1) is 18.1 Å². The molecule has 4 N–H and O–H groups in total. The Hall–Kier alpha value is -1.19. The van der Waals surface area contributed by atoms with Gasteiger partial charge in [0.1, 0.15) is 0 Å². The highest BCUT2D eigenvalue weighted by atomic mass is 32.2. The summed E-state index contributed by atoms with van der Waals surface area (Å²) in [6, 6.07) is 0. The lowest BCUT2D eigenvalue weighted by Crippen LogP contribution is -2.28. The van der Waals surface area contributed by atoms with Crippen LogP contribution < -0.4 is 5.90 Å². The summed E-state index contributed by atoms with van der Waals surface area (Å²) in [5.74, 6) is -1.13. The Balaban J connectivity index is 4.54. The second-order valence-corrected chi connectivity index (χ2v) is 4.09. The van der Waals surface area contributed by atoms with Crippen molar-refractivity contribution in [3.05, 3.63) is 0 Å². The monoisotopic (exact) mass is 227 g/mol. The molecular weight excluding hydrogens is 218 g/mol. The van der Waals surface area contributed by atoms with Gasteiger partial charge in [-0.15, -0.1) is 0 Å². The predicted molar refractivity (Wildman–Crippen MR) is 42.4 cm³/mol. The van der Waals surface area contributed by atoms with Gasteiger partial charge in [0.15, 0.2) is 0 Å². The molecule has 0 radical (unpaired) electrons. The largest absolute Gasteiger partial charge is 0.481 e. The number of aliphatic carboxylic acids is 2. The van der Waals surface area contributed by atoms with E-state index < -0.39 is 40.1 Å². The molecule has 1 unspecified atom stereocenters. The van der Waals surface area contributed by atoms with Crippen molar-refractivity contribution in [3.63, 3.8) is 0 Å². The molecule has 0 aromatic carbocycles. The van der Waals surface area contributed by atoms with Gasteiger partial charge in [0.25, 0.3) is 10.1 Å². The third kappa shape index (κ3) is 4.74. The summed E-state index contributed by atoms with van der Waals surface area (Å²) >= 11 is 0. The summed E-state index contributed by atoms with van der Waals surface area (Å²) in [7, 11) is -4.18. The molecule has 0 saturated heterocycles. The number of carboxylic acids is 2. The van der Waals surface area contributed by atoms with Crippen molar-refractivity contribution in [2.24, 2.45) is 11.8 Å². The first-order chi connectivity index (χ1) is 6.28. The van der Waals surface area contributed by atoms with Gasteiger partial charge in [0, 0.05) is 0 Å². The Bertz CT molecular complexity index is 321. The molecule has 14 heavy (non-hydrogen) atoms. The first-order valence-electron chi connectivity index (χ1n) is 3.34. The fourth-order valence-electron chi connectivity index (χ4n) is 0.714. The van der Waals surface area contributed by atoms with Gasteiger partial charge >= 0.3 is 11.9 Å². The fourth-order valence-corrected chi connectivity index (χ4v) is 1.55. The van der Waals surface area contributed by atoms with E-state index in [0.717, 1.165) is 0 Å². The number of hydrogen-bond acceptors (Lipinski definition) is 6. The average molecular weight is 227 g/mol. The van der Waals surface area contributed by atoms with Crippen LogP contribution in [0.1, 0.15) is 6.42 Å². The summed E-state index contributed by atoms with van der Waals surface area (Å²) in [6.45, 7) is 0. The smallest absolute Gasteiger partial charge is 0.308 e. The molecule has 0 bridgehead atoms. The molecule has 0 fully saturated rings. The van der Waals surface area contributed by atoms with Gasteiger partial charge in [0.2, 0.25) is 0 Å².